The zero-order valence-corrected chi connectivity index (χ0v) is 5.52. The van der Waals surface area contributed by atoms with Gasteiger partial charge in [-0.05, 0) is 0 Å². The fourth-order valence-electron chi connectivity index (χ4n) is 0.442. The van der Waals surface area contributed by atoms with Crippen molar-refractivity contribution in [1.82, 2.24) is 9.97 Å². The van der Waals surface area contributed by atoms with Crippen LogP contribution in [0.2, 0.25) is 5.15 Å². The minimum Gasteiger partial charge on any atom is -0.264 e. The molecule has 0 radical (unpaired) electrons. The lowest BCUT2D eigenvalue weighted by Crippen LogP contribution is -2.12. The Labute approximate surface area is 61.4 Å². The third-order valence-electron chi connectivity index (χ3n) is 0.861. The second-order valence-corrected chi connectivity index (χ2v) is 1.85. The number of halogens is 1. The van der Waals surface area contributed by atoms with Crippen molar-refractivity contribution in [2.45, 2.75) is 0 Å². The Balaban J connectivity index is 3.03. The molecular weight excluding hydrogens is 158 g/mol. The number of nitrogens with zero attached hydrogens (tertiary/aromatic N) is 3. The van der Waals surface area contributed by atoms with Crippen LogP contribution < -0.4 is 5.23 Å². The topological polar surface area (TPSA) is 69.5 Å². The van der Waals surface area contributed by atoms with Crippen molar-refractivity contribution in [1.29, 1.82) is 0 Å². The van der Waals surface area contributed by atoms with Gasteiger partial charge < -0.3 is 0 Å². The van der Waals surface area contributed by atoms with Gasteiger partial charge in [-0.1, -0.05) is 11.6 Å². The van der Waals surface area contributed by atoms with Gasteiger partial charge in [0.1, 0.15) is 12.0 Å². The molecule has 0 aliphatic heterocycles. The van der Waals surface area contributed by atoms with Crippen LogP contribution in [0.5, 0.6) is 0 Å². The second-order valence-electron chi connectivity index (χ2n) is 1.49. The lowest BCUT2D eigenvalue weighted by molar-refractivity contribution is 0.0288. The highest BCUT2D eigenvalue weighted by Gasteiger charge is 2.04. The van der Waals surface area contributed by atoms with Crippen LogP contribution in [0.1, 0.15) is 0 Å². The number of anilines is 1. The molecule has 0 aliphatic rings. The van der Waals surface area contributed by atoms with E-state index in [-0.39, 0.29) is 16.1 Å². The van der Waals surface area contributed by atoms with Gasteiger partial charge in [-0.3, -0.25) is 10.4 Å². The van der Waals surface area contributed by atoms with Gasteiger partial charge in [-0.15, -0.1) is 5.23 Å². The molecule has 5 nitrogen and oxygen atoms in total. The minimum atomic E-state index is -0.137. The summed E-state index contributed by atoms with van der Waals surface area (Å²) in [4.78, 5) is 7.00. The van der Waals surface area contributed by atoms with Gasteiger partial charge in [0.05, 0.1) is 6.20 Å². The number of rotatable bonds is 1. The van der Waals surface area contributed by atoms with Crippen molar-refractivity contribution in [2.24, 2.45) is 0 Å². The van der Waals surface area contributed by atoms with Gasteiger partial charge in [-0.2, -0.15) is 0 Å². The van der Waals surface area contributed by atoms with E-state index < -0.39 is 0 Å². The predicted octanol–water partition coefficient (Wildman–Crippen LogP) is 0.715. The van der Waals surface area contributed by atoms with E-state index in [1.807, 2.05) is 0 Å². The molecule has 54 valence electrons. The highest BCUT2D eigenvalue weighted by molar-refractivity contribution is 6.31. The van der Waals surface area contributed by atoms with Gasteiger partial charge in [0.2, 0.25) is 0 Å². The summed E-state index contributed by atoms with van der Waals surface area (Å²) in [5.41, 5.74) is -0.0517. The Morgan fingerprint density at radius 1 is 1.50 bits per heavy atom. The minimum absolute atomic E-state index is 0.0139. The largest absolute Gasteiger partial charge is 0.264 e. The van der Waals surface area contributed by atoms with Crippen LogP contribution >= 0.6 is 11.6 Å². The fraction of sp³-hybridized carbons (Fsp3) is 0. The zero-order chi connectivity index (χ0) is 7.56. The van der Waals surface area contributed by atoms with Gasteiger partial charge >= 0.3 is 0 Å². The molecule has 0 bridgehead atoms. The van der Waals surface area contributed by atoms with Gasteiger partial charge in [0.25, 0.3) is 0 Å². The first-order valence-electron chi connectivity index (χ1n) is 2.35. The van der Waals surface area contributed by atoms with Crippen molar-refractivity contribution in [3.63, 3.8) is 0 Å². The Hall–Kier alpha value is -0.910. The average Bonchev–Trinajstić information content (AvgIpc) is 1.88. The van der Waals surface area contributed by atoms with E-state index in [2.05, 4.69) is 9.97 Å². The summed E-state index contributed by atoms with van der Waals surface area (Å²) < 4.78 is 0. The summed E-state index contributed by atoms with van der Waals surface area (Å²) in [5, 5.41) is 16.7. The third kappa shape index (κ3) is 1.32. The number of aromatic nitrogens is 2. The quantitative estimate of drug-likeness (QED) is 0.469. The zero-order valence-electron chi connectivity index (χ0n) is 4.77. The number of hydrogen-bond acceptors (Lipinski definition) is 5. The molecular formula is C4H4ClN3O2. The van der Waals surface area contributed by atoms with E-state index in [9.17, 15) is 0 Å². The van der Waals surface area contributed by atoms with Crippen molar-refractivity contribution >= 4 is 17.3 Å². The molecule has 0 aromatic carbocycles. The van der Waals surface area contributed by atoms with Crippen molar-refractivity contribution in [3.8, 4) is 0 Å². The third-order valence-corrected chi connectivity index (χ3v) is 1.15. The van der Waals surface area contributed by atoms with E-state index in [0.717, 1.165) is 0 Å². The molecule has 0 aliphatic carbocycles. The van der Waals surface area contributed by atoms with E-state index >= 15 is 0 Å². The standard InChI is InChI=1S/C4H4ClN3O2/c5-4-3(8(9)10)1-6-2-7-4/h1-2,9-10H. The maximum Gasteiger partial charge on any atom is 0.160 e. The Bertz CT molecular complexity index is 229. The molecule has 1 aromatic heterocycles. The molecule has 0 spiro atoms. The molecule has 0 fully saturated rings. The lowest BCUT2D eigenvalue weighted by Gasteiger charge is -2.06. The van der Waals surface area contributed by atoms with Crippen molar-refractivity contribution < 1.29 is 10.4 Å². The first-order chi connectivity index (χ1) is 4.72. The summed E-state index contributed by atoms with van der Waals surface area (Å²) >= 11 is 5.41. The van der Waals surface area contributed by atoms with Gasteiger partial charge in [0.15, 0.2) is 5.15 Å². The summed E-state index contributed by atoms with van der Waals surface area (Å²) in [6, 6.07) is 0. The Morgan fingerprint density at radius 3 is 2.60 bits per heavy atom. The maximum atomic E-state index is 8.43. The smallest absolute Gasteiger partial charge is 0.160 e. The van der Waals surface area contributed by atoms with E-state index in [1.54, 1.807) is 0 Å². The fourth-order valence-corrected chi connectivity index (χ4v) is 0.610. The molecule has 1 heterocycles. The summed E-state index contributed by atoms with van der Waals surface area (Å²) in [6.45, 7) is 0. The maximum absolute atomic E-state index is 8.43. The van der Waals surface area contributed by atoms with Crippen LogP contribution in [-0.4, -0.2) is 20.4 Å². The lowest BCUT2D eigenvalue weighted by atomic mass is 10.6. The summed E-state index contributed by atoms with van der Waals surface area (Å²) in [6.07, 6.45) is 2.38. The van der Waals surface area contributed by atoms with Crippen LogP contribution in [-0.2, 0) is 0 Å². The van der Waals surface area contributed by atoms with Gasteiger partial charge in [0, 0.05) is 0 Å². The molecule has 0 saturated carbocycles. The van der Waals surface area contributed by atoms with Crippen LogP contribution in [0.4, 0.5) is 5.69 Å². The molecule has 1 rings (SSSR count). The normalized spacial score (nSPS) is 9.50. The molecule has 6 heteroatoms. The molecule has 10 heavy (non-hydrogen) atoms. The van der Waals surface area contributed by atoms with E-state index in [1.165, 1.54) is 12.5 Å². The highest BCUT2D eigenvalue weighted by atomic mass is 35.5. The van der Waals surface area contributed by atoms with Crippen LogP contribution in [0.3, 0.4) is 0 Å². The highest BCUT2D eigenvalue weighted by Crippen LogP contribution is 2.17. The van der Waals surface area contributed by atoms with E-state index in [4.69, 9.17) is 22.0 Å². The first-order valence-corrected chi connectivity index (χ1v) is 2.73. The predicted molar refractivity (Wildman–Crippen MR) is 33.1 cm³/mol. The van der Waals surface area contributed by atoms with Crippen LogP contribution in [0.15, 0.2) is 12.5 Å². The Kier molecular flexibility index (Phi) is 2.00. The first kappa shape index (κ1) is 7.20. The monoisotopic (exact) mass is 161 g/mol. The van der Waals surface area contributed by atoms with Crippen molar-refractivity contribution in [3.05, 3.63) is 17.7 Å². The molecule has 0 amide bonds. The van der Waals surface area contributed by atoms with Gasteiger partial charge in [-0.25, -0.2) is 9.97 Å². The summed E-state index contributed by atoms with van der Waals surface area (Å²) in [5.74, 6) is 0. The second kappa shape index (κ2) is 2.78. The van der Waals surface area contributed by atoms with Crippen molar-refractivity contribution in [2.75, 3.05) is 5.23 Å². The summed E-state index contributed by atoms with van der Waals surface area (Å²) in [7, 11) is 0. The molecule has 0 atom stereocenters. The van der Waals surface area contributed by atoms with Crippen LogP contribution in [0.25, 0.3) is 0 Å². The SMILES string of the molecule is ON(O)c1cncnc1Cl. The average molecular weight is 162 g/mol. The Morgan fingerprint density at radius 2 is 2.20 bits per heavy atom. The number of hydrogen-bond donors (Lipinski definition) is 2. The van der Waals surface area contributed by atoms with E-state index in [0.29, 0.717) is 0 Å². The van der Waals surface area contributed by atoms with Crippen LogP contribution in [0, 0.1) is 0 Å². The molecule has 2 N–H and O–H groups in total. The molecule has 0 saturated heterocycles. The molecule has 1 aromatic rings. The molecule has 0 unspecified atom stereocenters.